The van der Waals surface area contributed by atoms with Gasteiger partial charge in [0.2, 0.25) is 0 Å². The van der Waals surface area contributed by atoms with Crippen LogP contribution in [0.4, 0.5) is 5.69 Å². The molecule has 0 amide bonds. The Morgan fingerprint density at radius 1 is 1.41 bits per heavy atom. The number of hydrogen-bond acceptors (Lipinski definition) is 3. The van der Waals surface area contributed by atoms with Gasteiger partial charge in [-0.3, -0.25) is 0 Å². The molecule has 0 fully saturated rings. The molecule has 0 saturated heterocycles. The maximum Gasteiger partial charge on any atom is 0.122 e. The molecule has 0 spiro atoms. The van der Waals surface area contributed by atoms with Crippen molar-refractivity contribution < 1.29 is 4.74 Å². The van der Waals surface area contributed by atoms with Gasteiger partial charge in [-0.2, -0.15) is 0 Å². The van der Waals surface area contributed by atoms with E-state index in [4.69, 9.17) is 10.5 Å². The van der Waals surface area contributed by atoms with Crippen molar-refractivity contribution >= 4 is 5.69 Å². The van der Waals surface area contributed by atoms with Gasteiger partial charge in [0.15, 0.2) is 0 Å². The van der Waals surface area contributed by atoms with Crippen molar-refractivity contribution in [1.29, 1.82) is 0 Å². The summed E-state index contributed by atoms with van der Waals surface area (Å²) in [4.78, 5) is 2.27. The van der Waals surface area contributed by atoms with E-state index in [-0.39, 0.29) is 0 Å². The molecule has 17 heavy (non-hydrogen) atoms. The van der Waals surface area contributed by atoms with Gasteiger partial charge in [-0.25, -0.2) is 0 Å². The Balaban J connectivity index is 2.91. The Labute approximate surface area is 105 Å². The normalized spacial score (nSPS) is 12.3. The molecule has 0 heterocycles. The van der Waals surface area contributed by atoms with Gasteiger partial charge in [0.25, 0.3) is 0 Å². The van der Waals surface area contributed by atoms with E-state index in [1.165, 1.54) is 11.3 Å². The topological polar surface area (TPSA) is 38.5 Å². The summed E-state index contributed by atoms with van der Waals surface area (Å²) in [5.74, 6) is 0.969. The van der Waals surface area contributed by atoms with Gasteiger partial charge < -0.3 is 15.4 Å². The highest BCUT2D eigenvalue weighted by atomic mass is 16.5. The number of aryl methyl sites for hydroxylation is 1. The summed E-state index contributed by atoms with van der Waals surface area (Å²) in [6.45, 7) is 5.07. The van der Waals surface area contributed by atoms with Crippen LogP contribution in [-0.4, -0.2) is 26.7 Å². The van der Waals surface area contributed by atoms with Crippen molar-refractivity contribution in [2.24, 2.45) is 5.73 Å². The number of benzene rings is 1. The molecule has 96 valence electrons. The zero-order valence-corrected chi connectivity index (χ0v) is 11.4. The first-order chi connectivity index (χ1) is 8.13. The Hall–Kier alpha value is -1.22. The quantitative estimate of drug-likeness (QED) is 0.824. The van der Waals surface area contributed by atoms with E-state index in [1.807, 2.05) is 6.07 Å². The molecule has 0 bridgehead atoms. The molecule has 0 saturated carbocycles. The number of hydrogen-bond donors (Lipinski definition) is 1. The molecule has 1 unspecified atom stereocenters. The first-order valence-corrected chi connectivity index (χ1v) is 6.23. The summed E-state index contributed by atoms with van der Waals surface area (Å²) >= 11 is 0. The highest BCUT2D eigenvalue weighted by Crippen LogP contribution is 2.26. The van der Waals surface area contributed by atoms with Gasteiger partial charge in [0, 0.05) is 18.8 Å². The maximum absolute atomic E-state index is 5.60. The smallest absolute Gasteiger partial charge is 0.122 e. The monoisotopic (exact) mass is 236 g/mol. The second kappa shape index (κ2) is 6.50. The lowest BCUT2D eigenvalue weighted by Crippen LogP contribution is -2.30. The molecule has 3 heteroatoms. The molecular formula is C14H24N2O. The van der Waals surface area contributed by atoms with E-state index in [0.717, 1.165) is 25.1 Å². The number of rotatable bonds is 6. The largest absolute Gasteiger partial charge is 0.496 e. The molecule has 0 aliphatic carbocycles. The van der Waals surface area contributed by atoms with Crippen molar-refractivity contribution in [3.05, 3.63) is 23.8 Å². The SMILES string of the molecule is CCc1cc(N(C)C(C)CCN)ccc1OC. The Bertz CT molecular complexity index is 352. The first-order valence-electron chi connectivity index (χ1n) is 6.23. The fraction of sp³-hybridized carbons (Fsp3) is 0.571. The zero-order chi connectivity index (χ0) is 12.8. The molecule has 0 aliphatic rings. The lowest BCUT2D eigenvalue weighted by molar-refractivity contribution is 0.410. The summed E-state index contributed by atoms with van der Waals surface area (Å²) < 4.78 is 5.34. The van der Waals surface area contributed by atoms with Crippen molar-refractivity contribution in [2.45, 2.75) is 32.7 Å². The Kier molecular flexibility index (Phi) is 5.29. The van der Waals surface area contributed by atoms with E-state index in [1.54, 1.807) is 7.11 Å². The summed E-state index contributed by atoms with van der Waals surface area (Å²) in [5, 5.41) is 0. The minimum atomic E-state index is 0.457. The molecule has 2 N–H and O–H groups in total. The van der Waals surface area contributed by atoms with E-state index in [0.29, 0.717) is 6.04 Å². The second-order valence-electron chi connectivity index (χ2n) is 4.39. The molecular weight excluding hydrogens is 212 g/mol. The predicted octanol–water partition coefficient (Wildman–Crippen LogP) is 2.43. The third-order valence-electron chi connectivity index (χ3n) is 3.30. The highest BCUT2D eigenvalue weighted by Gasteiger charge is 2.11. The van der Waals surface area contributed by atoms with Crippen LogP contribution in [0.25, 0.3) is 0 Å². The van der Waals surface area contributed by atoms with Gasteiger partial charge >= 0.3 is 0 Å². The molecule has 1 rings (SSSR count). The van der Waals surface area contributed by atoms with Gasteiger partial charge in [-0.15, -0.1) is 0 Å². The predicted molar refractivity (Wildman–Crippen MR) is 73.9 cm³/mol. The lowest BCUT2D eigenvalue weighted by atomic mass is 10.1. The molecule has 1 aromatic rings. The van der Waals surface area contributed by atoms with E-state index in [2.05, 4.69) is 37.9 Å². The van der Waals surface area contributed by atoms with Gasteiger partial charge in [-0.1, -0.05) is 6.92 Å². The Morgan fingerprint density at radius 3 is 2.65 bits per heavy atom. The molecule has 0 radical (unpaired) electrons. The number of anilines is 1. The summed E-state index contributed by atoms with van der Waals surface area (Å²) in [6, 6.07) is 6.80. The summed E-state index contributed by atoms with van der Waals surface area (Å²) in [5.41, 5.74) is 8.07. The van der Waals surface area contributed by atoms with Crippen molar-refractivity contribution in [3.63, 3.8) is 0 Å². The first kappa shape index (κ1) is 13.8. The molecule has 0 aliphatic heterocycles. The van der Waals surface area contributed by atoms with Crippen LogP contribution >= 0.6 is 0 Å². The number of methoxy groups -OCH3 is 1. The minimum Gasteiger partial charge on any atom is -0.496 e. The third-order valence-corrected chi connectivity index (χ3v) is 3.30. The average Bonchev–Trinajstić information content (AvgIpc) is 2.37. The fourth-order valence-electron chi connectivity index (χ4n) is 1.95. The van der Waals surface area contributed by atoms with Crippen LogP contribution < -0.4 is 15.4 Å². The van der Waals surface area contributed by atoms with Crippen LogP contribution in [0.15, 0.2) is 18.2 Å². The standard InChI is InChI=1S/C14H24N2O/c1-5-12-10-13(6-7-14(12)17-4)16(3)11(2)8-9-15/h6-7,10-11H,5,8-9,15H2,1-4H3. The van der Waals surface area contributed by atoms with Crippen molar-refractivity contribution in [2.75, 3.05) is 25.6 Å². The number of ether oxygens (including phenoxy) is 1. The fourth-order valence-corrected chi connectivity index (χ4v) is 1.95. The number of nitrogens with zero attached hydrogens (tertiary/aromatic N) is 1. The van der Waals surface area contributed by atoms with Crippen LogP contribution in [0.1, 0.15) is 25.8 Å². The van der Waals surface area contributed by atoms with Crippen LogP contribution in [0.2, 0.25) is 0 Å². The van der Waals surface area contributed by atoms with Crippen LogP contribution in [0.3, 0.4) is 0 Å². The molecule has 3 nitrogen and oxygen atoms in total. The van der Waals surface area contributed by atoms with Crippen LogP contribution in [0.5, 0.6) is 5.75 Å². The van der Waals surface area contributed by atoms with Crippen molar-refractivity contribution in [1.82, 2.24) is 0 Å². The zero-order valence-electron chi connectivity index (χ0n) is 11.4. The molecule has 0 aromatic heterocycles. The van der Waals surface area contributed by atoms with Gasteiger partial charge in [0.05, 0.1) is 7.11 Å². The number of nitrogens with two attached hydrogens (primary N) is 1. The molecule has 1 atom stereocenters. The van der Waals surface area contributed by atoms with Gasteiger partial charge in [-0.05, 0) is 50.1 Å². The van der Waals surface area contributed by atoms with E-state index in [9.17, 15) is 0 Å². The summed E-state index contributed by atoms with van der Waals surface area (Å²) in [6.07, 6.45) is 1.99. The minimum absolute atomic E-state index is 0.457. The van der Waals surface area contributed by atoms with Gasteiger partial charge in [0.1, 0.15) is 5.75 Å². The summed E-state index contributed by atoms with van der Waals surface area (Å²) in [7, 11) is 3.83. The van der Waals surface area contributed by atoms with Crippen LogP contribution in [-0.2, 0) is 6.42 Å². The van der Waals surface area contributed by atoms with Crippen LogP contribution in [0, 0.1) is 0 Å². The highest BCUT2D eigenvalue weighted by molar-refractivity contribution is 5.53. The second-order valence-corrected chi connectivity index (χ2v) is 4.39. The van der Waals surface area contributed by atoms with E-state index < -0.39 is 0 Å². The van der Waals surface area contributed by atoms with Crippen molar-refractivity contribution in [3.8, 4) is 5.75 Å². The van der Waals surface area contributed by atoms with E-state index >= 15 is 0 Å². The maximum atomic E-state index is 5.60. The Morgan fingerprint density at radius 2 is 2.12 bits per heavy atom. The third kappa shape index (κ3) is 3.37. The average molecular weight is 236 g/mol. The lowest BCUT2D eigenvalue weighted by Gasteiger charge is -2.27. The molecule has 1 aromatic carbocycles.